The van der Waals surface area contributed by atoms with E-state index in [0.717, 1.165) is 12.8 Å². The highest BCUT2D eigenvalue weighted by Gasteiger charge is 2.17. The molecule has 7 heteroatoms. The molecule has 3 nitrogen and oxygen atoms in total. The normalized spacial score (nSPS) is 10.8. The maximum absolute atomic E-state index is 14.9. The summed E-state index contributed by atoms with van der Waals surface area (Å²) < 4.78 is 75.4. The molecule has 0 aromatic heterocycles. The van der Waals surface area contributed by atoms with Crippen molar-refractivity contribution in [2.45, 2.75) is 32.8 Å². The minimum atomic E-state index is -1.07. The molecule has 0 saturated heterocycles. The van der Waals surface area contributed by atoms with Crippen LogP contribution in [0.3, 0.4) is 0 Å². The van der Waals surface area contributed by atoms with E-state index in [1.165, 1.54) is 24.3 Å². The maximum atomic E-state index is 14.9. The Labute approximate surface area is 231 Å². The van der Waals surface area contributed by atoms with Crippen molar-refractivity contribution < 1.29 is 31.8 Å². The van der Waals surface area contributed by atoms with Crippen molar-refractivity contribution in [1.82, 2.24) is 0 Å². The molecule has 4 aromatic rings. The van der Waals surface area contributed by atoms with E-state index >= 15 is 0 Å². The third kappa shape index (κ3) is 6.84. The third-order valence-corrected chi connectivity index (χ3v) is 6.28. The van der Waals surface area contributed by atoms with E-state index in [0.29, 0.717) is 35.7 Å². The summed E-state index contributed by atoms with van der Waals surface area (Å²) in [7, 11) is 0. The SMILES string of the molecule is C=CCCOc1ccc(-c2ccc(OCc3ccc(-c4ccc(OCCCC)cc4)c(F)c3F)cc2)c(F)c1F. The summed E-state index contributed by atoms with van der Waals surface area (Å²) in [5.74, 6) is -3.20. The Morgan fingerprint density at radius 1 is 0.625 bits per heavy atom. The van der Waals surface area contributed by atoms with Crippen LogP contribution in [-0.2, 0) is 6.61 Å². The lowest BCUT2D eigenvalue weighted by Crippen LogP contribution is -2.02. The third-order valence-electron chi connectivity index (χ3n) is 6.28. The first kappa shape index (κ1) is 28.7. The van der Waals surface area contributed by atoms with Crippen molar-refractivity contribution in [2.24, 2.45) is 0 Å². The number of ether oxygens (including phenoxy) is 3. The molecule has 40 heavy (non-hydrogen) atoms. The second kappa shape index (κ2) is 13.7. The predicted molar refractivity (Wildman–Crippen MR) is 149 cm³/mol. The monoisotopic (exact) mass is 550 g/mol. The van der Waals surface area contributed by atoms with Gasteiger partial charge in [-0.15, -0.1) is 6.58 Å². The standard InChI is InChI=1S/C33H30F4O3/c1-3-5-19-38-25-12-7-22(8-13-25)27-16-11-24(30(34)31(27)35)21-40-26-14-9-23(10-15-26)28-17-18-29(33(37)32(28)36)39-20-6-4-2/h4,7-18H,2-3,5-6,19-21H2,1H3. The average Bonchev–Trinajstić information content (AvgIpc) is 2.97. The second-order valence-corrected chi connectivity index (χ2v) is 9.10. The molecular formula is C33H30F4O3. The summed E-state index contributed by atoms with van der Waals surface area (Å²) in [6.45, 7) is 6.21. The molecular weight excluding hydrogens is 520 g/mol. The summed E-state index contributed by atoms with van der Waals surface area (Å²) in [6.07, 6.45) is 4.09. The van der Waals surface area contributed by atoms with Gasteiger partial charge in [-0.1, -0.05) is 55.8 Å². The van der Waals surface area contributed by atoms with Crippen LogP contribution in [0.2, 0.25) is 0 Å². The number of halogens is 4. The van der Waals surface area contributed by atoms with E-state index in [1.807, 2.05) is 0 Å². The molecule has 0 spiro atoms. The van der Waals surface area contributed by atoms with Crippen molar-refractivity contribution >= 4 is 0 Å². The van der Waals surface area contributed by atoms with Crippen LogP contribution in [0.5, 0.6) is 17.2 Å². The van der Waals surface area contributed by atoms with Gasteiger partial charge in [0.15, 0.2) is 23.2 Å². The first-order chi connectivity index (χ1) is 19.4. The smallest absolute Gasteiger partial charge is 0.201 e. The van der Waals surface area contributed by atoms with Crippen LogP contribution in [-0.4, -0.2) is 13.2 Å². The molecule has 0 saturated carbocycles. The number of benzene rings is 4. The van der Waals surface area contributed by atoms with Gasteiger partial charge in [-0.05, 0) is 60.4 Å². The zero-order valence-corrected chi connectivity index (χ0v) is 22.2. The molecule has 0 unspecified atom stereocenters. The Hall–Kier alpha value is -4.26. The van der Waals surface area contributed by atoms with Gasteiger partial charge in [0.2, 0.25) is 5.82 Å². The number of rotatable bonds is 13. The second-order valence-electron chi connectivity index (χ2n) is 9.10. The Bertz CT molecular complexity index is 1430. The predicted octanol–water partition coefficient (Wildman–Crippen LogP) is 9.29. The largest absolute Gasteiger partial charge is 0.494 e. The molecule has 0 bridgehead atoms. The topological polar surface area (TPSA) is 27.7 Å². The lowest BCUT2D eigenvalue weighted by atomic mass is 10.0. The summed E-state index contributed by atoms with van der Waals surface area (Å²) in [4.78, 5) is 0. The molecule has 208 valence electrons. The Morgan fingerprint density at radius 3 is 1.80 bits per heavy atom. The summed E-state index contributed by atoms with van der Waals surface area (Å²) in [5, 5.41) is 0. The highest BCUT2D eigenvalue weighted by Crippen LogP contribution is 2.32. The van der Waals surface area contributed by atoms with Crippen molar-refractivity contribution in [3.05, 3.63) is 114 Å². The molecule has 0 aliphatic heterocycles. The zero-order valence-electron chi connectivity index (χ0n) is 22.2. The maximum Gasteiger partial charge on any atom is 0.201 e. The fourth-order valence-corrected chi connectivity index (χ4v) is 4.00. The minimum Gasteiger partial charge on any atom is -0.494 e. The van der Waals surface area contributed by atoms with Crippen LogP contribution in [0, 0.1) is 23.3 Å². The van der Waals surface area contributed by atoms with Gasteiger partial charge < -0.3 is 14.2 Å². The lowest BCUT2D eigenvalue weighted by molar-refractivity contribution is 0.297. The molecule has 4 rings (SSSR count). The van der Waals surface area contributed by atoms with Crippen LogP contribution < -0.4 is 14.2 Å². The summed E-state index contributed by atoms with van der Waals surface area (Å²) in [6, 6.07) is 18.8. The molecule has 0 aliphatic carbocycles. The van der Waals surface area contributed by atoms with Crippen LogP contribution >= 0.6 is 0 Å². The Balaban J connectivity index is 1.41. The average molecular weight is 551 g/mol. The van der Waals surface area contributed by atoms with Crippen molar-refractivity contribution in [2.75, 3.05) is 13.2 Å². The lowest BCUT2D eigenvalue weighted by Gasteiger charge is -2.12. The van der Waals surface area contributed by atoms with Crippen molar-refractivity contribution in [3.8, 4) is 39.5 Å². The number of unbranched alkanes of at least 4 members (excludes halogenated alkanes) is 1. The Kier molecular flexibility index (Phi) is 9.84. The highest BCUT2D eigenvalue weighted by molar-refractivity contribution is 5.67. The van der Waals surface area contributed by atoms with Gasteiger partial charge in [0.25, 0.3) is 0 Å². The first-order valence-electron chi connectivity index (χ1n) is 13.1. The molecule has 0 fully saturated rings. The molecule has 0 N–H and O–H groups in total. The molecule has 0 atom stereocenters. The van der Waals surface area contributed by atoms with Crippen LogP contribution in [0.4, 0.5) is 17.6 Å². The molecule has 0 heterocycles. The van der Waals surface area contributed by atoms with Crippen LogP contribution in [0.1, 0.15) is 31.7 Å². The van der Waals surface area contributed by atoms with Gasteiger partial charge in [-0.2, -0.15) is 4.39 Å². The van der Waals surface area contributed by atoms with Crippen molar-refractivity contribution in [3.63, 3.8) is 0 Å². The number of hydrogen-bond acceptors (Lipinski definition) is 3. The molecule has 0 radical (unpaired) electrons. The molecule has 0 aliphatic rings. The summed E-state index contributed by atoms with van der Waals surface area (Å²) >= 11 is 0. The molecule has 0 amide bonds. The van der Waals surface area contributed by atoms with Gasteiger partial charge >= 0.3 is 0 Å². The van der Waals surface area contributed by atoms with Gasteiger partial charge in [-0.3, -0.25) is 0 Å². The Morgan fingerprint density at radius 2 is 1.20 bits per heavy atom. The fourth-order valence-electron chi connectivity index (χ4n) is 4.00. The van der Waals surface area contributed by atoms with E-state index in [2.05, 4.69) is 13.5 Å². The number of hydrogen-bond donors (Lipinski definition) is 0. The highest BCUT2D eigenvalue weighted by atomic mass is 19.2. The van der Waals surface area contributed by atoms with E-state index in [9.17, 15) is 17.6 Å². The zero-order chi connectivity index (χ0) is 28.5. The van der Waals surface area contributed by atoms with E-state index < -0.39 is 23.3 Å². The van der Waals surface area contributed by atoms with Crippen LogP contribution in [0.15, 0.2) is 85.5 Å². The first-order valence-corrected chi connectivity index (χ1v) is 13.1. The van der Waals surface area contributed by atoms with Gasteiger partial charge in [-0.25, -0.2) is 13.2 Å². The van der Waals surface area contributed by atoms with E-state index in [1.54, 1.807) is 54.6 Å². The quantitative estimate of drug-likeness (QED) is 0.0943. The summed E-state index contributed by atoms with van der Waals surface area (Å²) in [5.41, 5.74) is 1.19. The fraction of sp³-hybridized carbons (Fsp3) is 0.212. The van der Waals surface area contributed by atoms with E-state index in [4.69, 9.17) is 14.2 Å². The van der Waals surface area contributed by atoms with Crippen molar-refractivity contribution in [1.29, 1.82) is 0 Å². The van der Waals surface area contributed by atoms with Gasteiger partial charge in [0.1, 0.15) is 18.1 Å². The minimum absolute atomic E-state index is 0.0463. The van der Waals surface area contributed by atoms with Crippen LogP contribution in [0.25, 0.3) is 22.3 Å². The van der Waals surface area contributed by atoms with Gasteiger partial charge in [0.05, 0.1) is 13.2 Å². The van der Waals surface area contributed by atoms with E-state index in [-0.39, 0.29) is 35.7 Å². The molecule has 4 aromatic carbocycles. The van der Waals surface area contributed by atoms with Gasteiger partial charge in [0, 0.05) is 16.7 Å².